The van der Waals surface area contributed by atoms with Crippen LogP contribution in [0.25, 0.3) is 0 Å². The molecule has 0 saturated heterocycles. The minimum atomic E-state index is -0.491. The third kappa shape index (κ3) is 5.62. The monoisotopic (exact) mass is 344 g/mol. The number of para-hydroxylation sites is 1. The van der Waals surface area contributed by atoms with Crippen LogP contribution in [-0.4, -0.2) is 29.4 Å². The lowest BCUT2D eigenvalue weighted by molar-refractivity contribution is -0.115. The summed E-state index contributed by atoms with van der Waals surface area (Å²) < 4.78 is 5.59. The van der Waals surface area contributed by atoms with Gasteiger partial charge in [0, 0.05) is 17.0 Å². The fraction of sp³-hybridized carbons (Fsp3) is 0.222. The van der Waals surface area contributed by atoms with Crippen LogP contribution in [0.1, 0.15) is 17.3 Å². The predicted octanol–water partition coefficient (Wildman–Crippen LogP) is 2.92. The Morgan fingerprint density at radius 1 is 1.12 bits per heavy atom. The molecule has 3 N–H and O–H groups in total. The van der Waals surface area contributed by atoms with E-state index in [2.05, 4.69) is 5.32 Å². The van der Waals surface area contributed by atoms with Crippen molar-refractivity contribution in [2.75, 3.05) is 17.7 Å². The summed E-state index contributed by atoms with van der Waals surface area (Å²) in [7, 11) is 0. The van der Waals surface area contributed by atoms with E-state index in [1.54, 1.807) is 24.3 Å². The van der Waals surface area contributed by atoms with Crippen LogP contribution in [0.5, 0.6) is 5.75 Å². The second-order valence-electron chi connectivity index (χ2n) is 5.11. The fourth-order valence-corrected chi connectivity index (χ4v) is 2.68. The Morgan fingerprint density at radius 3 is 2.42 bits per heavy atom. The van der Waals surface area contributed by atoms with Crippen LogP contribution in [0.15, 0.2) is 54.6 Å². The highest BCUT2D eigenvalue weighted by atomic mass is 32.2. The first kappa shape index (κ1) is 17.9. The number of carbonyl (C=O) groups excluding carboxylic acids is 2. The molecule has 24 heavy (non-hydrogen) atoms. The number of hydrogen-bond acceptors (Lipinski definition) is 4. The Hall–Kier alpha value is -2.47. The van der Waals surface area contributed by atoms with Gasteiger partial charge in [0.15, 0.2) is 0 Å². The second kappa shape index (κ2) is 8.98. The normalized spacial score (nSPS) is 11.5. The van der Waals surface area contributed by atoms with E-state index in [1.807, 2.05) is 37.3 Å². The number of anilines is 1. The van der Waals surface area contributed by atoms with E-state index in [1.165, 1.54) is 11.8 Å². The van der Waals surface area contributed by atoms with E-state index < -0.39 is 5.91 Å². The molecule has 0 saturated carbocycles. The molecule has 0 aliphatic carbocycles. The number of benzene rings is 2. The van der Waals surface area contributed by atoms with Crippen molar-refractivity contribution in [1.29, 1.82) is 0 Å². The van der Waals surface area contributed by atoms with Crippen LogP contribution < -0.4 is 15.8 Å². The number of carbonyl (C=O) groups is 2. The molecule has 0 unspecified atom stereocenters. The van der Waals surface area contributed by atoms with Crippen LogP contribution in [0.4, 0.5) is 5.69 Å². The van der Waals surface area contributed by atoms with E-state index in [0.717, 1.165) is 5.75 Å². The lowest BCUT2D eigenvalue weighted by Crippen LogP contribution is -2.23. The summed E-state index contributed by atoms with van der Waals surface area (Å²) in [6.45, 7) is 2.39. The van der Waals surface area contributed by atoms with Gasteiger partial charge in [-0.25, -0.2) is 0 Å². The van der Waals surface area contributed by atoms with Gasteiger partial charge in [-0.1, -0.05) is 18.2 Å². The standard InChI is InChI=1S/C18H20N2O3S/c1-13(24-12-11-23-16-5-3-2-4-6-16)18(22)20-15-9-7-14(8-10-15)17(19)21/h2-10,13H,11-12H2,1H3,(H2,19,21)(H,20,22)/t13-/m1/s1. The molecule has 2 aromatic rings. The topological polar surface area (TPSA) is 81.4 Å². The Bertz CT molecular complexity index is 674. The van der Waals surface area contributed by atoms with Crippen molar-refractivity contribution in [2.45, 2.75) is 12.2 Å². The van der Waals surface area contributed by atoms with Crippen molar-refractivity contribution in [3.8, 4) is 5.75 Å². The van der Waals surface area contributed by atoms with E-state index in [-0.39, 0.29) is 11.2 Å². The maximum Gasteiger partial charge on any atom is 0.248 e. The van der Waals surface area contributed by atoms with Gasteiger partial charge in [-0.3, -0.25) is 9.59 Å². The van der Waals surface area contributed by atoms with E-state index in [4.69, 9.17) is 10.5 Å². The molecule has 0 radical (unpaired) electrons. The lowest BCUT2D eigenvalue weighted by Gasteiger charge is -2.12. The molecule has 0 spiro atoms. The fourth-order valence-electron chi connectivity index (χ4n) is 1.94. The van der Waals surface area contributed by atoms with Gasteiger partial charge in [-0.15, -0.1) is 11.8 Å². The molecule has 6 heteroatoms. The third-order valence-corrected chi connectivity index (χ3v) is 4.39. The summed E-state index contributed by atoms with van der Waals surface area (Å²) in [5.74, 6) is 0.955. The molecule has 1 atom stereocenters. The molecular weight excluding hydrogens is 324 g/mol. The SMILES string of the molecule is C[C@@H](SCCOc1ccccc1)C(=O)Nc1ccc(C(N)=O)cc1. The smallest absolute Gasteiger partial charge is 0.248 e. The number of primary amides is 1. The van der Waals surface area contributed by atoms with Gasteiger partial charge in [0.05, 0.1) is 11.9 Å². The Kier molecular flexibility index (Phi) is 6.69. The van der Waals surface area contributed by atoms with Gasteiger partial charge in [0.2, 0.25) is 11.8 Å². The number of nitrogens with two attached hydrogens (primary N) is 1. The van der Waals surface area contributed by atoms with Gasteiger partial charge in [0.1, 0.15) is 5.75 Å². The number of ether oxygens (including phenoxy) is 1. The zero-order valence-electron chi connectivity index (χ0n) is 13.4. The molecule has 0 aliphatic rings. The summed E-state index contributed by atoms with van der Waals surface area (Å²) in [5, 5.41) is 2.61. The number of hydrogen-bond donors (Lipinski definition) is 2. The summed E-state index contributed by atoms with van der Waals surface area (Å²) in [6, 6.07) is 16.1. The van der Waals surface area contributed by atoms with E-state index >= 15 is 0 Å². The molecule has 126 valence electrons. The first-order chi connectivity index (χ1) is 11.6. The highest BCUT2D eigenvalue weighted by molar-refractivity contribution is 8.00. The molecule has 0 aromatic heterocycles. The third-order valence-electron chi connectivity index (χ3n) is 3.27. The number of nitrogens with one attached hydrogen (secondary N) is 1. The molecule has 0 aliphatic heterocycles. The van der Waals surface area contributed by atoms with Gasteiger partial charge < -0.3 is 15.8 Å². The summed E-state index contributed by atoms with van der Waals surface area (Å²) >= 11 is 1.52. The molecule has 2 amide bonds. The second-order valence-corrected chi connectivity index (χ2v) is 6.55. The predicted molar refractivity (Wildman–Crippen MR) is 97.4 cm³/mol. The quantitative estimate of drug-likeness (QED) is 0.722. The number of amides is 2. The molecular formula is C18H20N2O3S. The van der Waals surface area contributed by atoms with Crippen molar-refractivity contribution >= 4 is 29.3 Å². The summed E-state index contributed by atoms with van der Waals surface area (Å²) in [5.41, 5.74) is 6.23. The average Bonchev–Trinajstić information content (AvgIpc) is 2.60. The van der Waals surface area contributed by atoms with Crippen molar-refractivity contribution in [2.24, 2.45) is 5.73 Å². The van der Waals surface area contributed by atoms with Gasteiger partial charge in [-0.2, -0.15) is 0 Å². The first-order valence-corrected chi connectivity index (χ1v) is 8.61. The van der Waals surface area contributed by atoms with Crippen LogP contribution in [0.2, 0.25) is 0 Å². The Labute approximate surface area is 145 Å². The Morgan fingerprint density at radius 2 is 1.79 bits per heavy atom. The van der Waals surface area contributed by atoms with Gasteiger partial charge in [0.25, 0.3) is 0 Å². The minimum absolute atomic E-state index is 0.0912. The summed E-state index contributed by atoms with van der Waals surface area (Å²) in [4.78, 5) is 23.1. The molecule has 0 heterocycles. The van der Waals surface area contributed by atoms with Gasteiger partial charge in [-0.05, 0) is 43.3 Å². The number of rotatable bonds is 8. The average molecular weight is 344 g/mol. The summed E-state index contributed by atoms with van der Waals surface area (Å²) in [6.07, 6.45) is 0. The highest BCUT2D eigenvalue weighted by Gasteiger charge is 2.13. The van der Waals surface area contributed by atoms with Crippen molar-refractivity contribution in [3.05, 3.63) is 60.2 Å². The van der Waals surface area contributed by atoms with Crippen LogP contribution >= 0.6 is 11.8 Å². The molecule has 0 bridgehead atoms. The van der Waals surface area contributed by atoms with E-state index in [0.29, 0.717) is 23.6 Å². The first-order valence-electron chi connectivity index (χ1n) is 7.56. The maximum atomic E-state index is 12.1. The maximum absolute atomic E-state index is 12.1. The molecule has 0 fully saturated rings. The highest BCUT2D eigenvalue weighted by Crippen LogP contribution is 2.16. The van der Waals surface area contributed by atoms with Crippen LogP contribution in [-0.2, 0) is 4.79 Å². The molecule has 2 aromatic carbocycles. The van der Waals surface area contributed by atoms with Crippen LogP contribution in [0, 0.1) is 0 Å². The van der Waals surface area contributed by atoms with Gasteiger partial charge >= 0.3 is 0 Å². The lowest BCUT2D eigenvalue weighted by atomic mass is 10.2. The molecule has 5 nitrogen and oxygen atoms in total. The zero-order chi connectivity index (χ0) is 17.4. The molecule has 2 rings (SSSR count). The van der Waals surface area contributed by atoms with E-state index in [9.17, 15) is 9.59 Å². The minimum Gasteiger partial charge on any atom is -0.493 e. The largest absolute Gasteiger partial charge is 0.493 e. The Balaban J connectivity index is 1.72. The number of thioether (sulfide) groups is 1. The zero-order valence-corrected chi connectivity index (χ0v) is 14.2. The van der Waals surface area contributed by atoms with Crippen LogP contribution in [0.3, 0.4) is 0 Å². The van der Waals surface area contributed by atoms with Crippen molar-refractivity contribution in [3.63, 3.8) is 0 Å². The van der Waals surface area contributed by atoms with Crippen molar-refractivity contribution < 1.29 is 14.3 Å². The van der Waals surface area contributed by atoms with Crippen molar-refractivity contribution in [1.82, 2.24) is 0 Å².